The second-order valence-electron chi connectivity index (χ2n) is 6.09. The van der Waals surface area contributed by atoms with Crippen LogP contribution < -0.4 is 0 Å². The molecule has 126 valence electrons. The van der Waals surface area contributed by atoms with Crippen LogP contribution in [0.5, 0.6) is 0 Å². The molecular formula is C18H21N3O3. The summed E-state index contributed by atoms with van der Waals surface area (Å²) in [4.78, 5) is 25.3. The topological polar surface area (TPSA) is 75.4 Å². The SMILES string of the molecule is CCCN(CC(=O)O)C(=O)c1cnn(-c2ccccc2)c1C1CC1. The van der Waals surface area contributed by atoms with Crippen LogP contribution in [-0.4, -0.2) is 44.8 Å². The number of nitrogens with zero attached hydrogens (tertiary/aromatic N) is 3. The molecule has 1 fully saturated rings. The maximum atomic E-state index is 12.9. The fourth-order valence-corrected chi connectivity index (χ4v) is 2.90. The van der Waals surface area contributed by atoms with Gasteiger partial charge in [0.2, 0.25) is 0 Å². The first kappa shape index (κ1) is 16.2. The van der Waals surface area contributed by atoms with E-state index in [1.54, 1.807) is 6.20 Å². The first-order chi connectivity index (χ1) is 11.6. The van der Waals surface area contributed by atoms with Crippen molar-refractivity contribution in [2.45, 2.75) is 32.1 Å². The molecule has 0 bridgehead atoms. The molecule has 0 spiro atoms. The van der Waals surface area contributed by atoms with Crippen molar-refractivity contribution >= 4 is 11.9 Å². The van der Waals surface area contributed by atoms with Crippen LogP contribution in [0.3, 0.4) is 0 Å². The van der Waals surface area contributed by atoms with Gasteiger partial charge in [0.15, 0.2) is 0 Å². The monoisotopic (exact) mass is 327 g/mol. The van der Waals surface area contributed by atoms with E-state index < -0.39 is 5.97 Å². The summed E-state index contributed by atoms with van der Waals surface area (Å²) in [6, 6.07) is 9.71. The van der Waals surface area contributed by atoms with Gasteiger partial charge >= 0.3 is 5.97 Å². The molecule has 1 amide bonds. The van der Waals surface area contributed by atoms with Gasteiger partial charge in [0.25, 0.3) is 5.91 Å². The van der Waals surface area contributed by atoms with Gasteiger partial charge in [0.1, 0.15) is 6.54 Å². The molecule has 0 unspecified atom stereocenters. The molecule has 6 nitrogen and oxygen atoms in total. The Morgan fingerprint density at radius 3 is 2.58 bits per heavy atom. The molecule has 1 saturated carbocycles. The molecule has 1 aromatic carbocycles. The van der Waals surface area contributed by atoms with Gasteiger partial charge in [0, 0.05) is 12.5 Å². The molecule has 0 saturated heterocycles. The van der Waals surface area contributed by atoms with Crippen molar-refractivity contribution in [3.05, 3.63) is 47.8 Å². The number of carbonyl (C=O) groups excluding carboxylic acids is 1. The predicted octanol–water partition coefficient (Wildman–Crippen LogP) is 2.69. The van der Waals surface area contributed by atoms with E-state index in [4.69, 9.17) is 5.11 Å². The standard InChI is InChI=1S/C18H21N3O3/c1-2-10-20(12-16(22)23)18(24)15-11-19-21(17(15)13-8-9-13)14-6-4-3-5-7-14/h3-7,11,13H,2,8-10,12H2,1H3,(H,22,23). The molecule has 2 aromatic rings. The van der Waals surface area contributed by atoms with E-state index in [1.807, 2.05) is 41.9 Å². The molecule has 3 rings (SSSR count). The summed E-state index contributed by atoms with van der Waals surface area (Å²) >= 11 is 0. The Labute approximate surface area is 140 Å². The molecule has 1 heterocycles. The summed E-state index contributed by atoms with van der Waals surface area (Å²) < 4.78 is 1.82. The van der Waals surface area contributed by atoms with Gasteiger partial charge in [-0.05, 0) is 31.4 Å². The zero-order chi connectivity index (χ0) is 17.1. The first-order valence-electron chi connectivity index (χ1n) is 8.26. The minimum Gasteiger partial charge on any atom is -0.480 e. The maximum absolute atomic E-state index is 12.9. The van der Waals surface area contributed by atoms with Crippen molar-refractivity contribution in [2.75, 3.05) is 13.1 Å². The van der Waals surface area contributed by atoms with Gasteiger partial charge in [-0.1, -0.05) is 25.1 Å². The highest BCUT2D eigenvalue weighted by Gasteiger charge is 2.34. The third-order valence-electron chi connectivity index (χ3n) is 4.11. The molecule has 1 aliphatic carbocycles. The van der Waals surface area contributed by atoms with Gasteiger partial charge in [-0.15, -0.1) is 0 Å². The summed E-state index contributed by atoms with van der Waals surface area (Å²) in [5.41, 5.74) is 2.34. The van der Waals surface area contributed by atoms with E-state index in [-0.39, 0.29) is 12.5 Å². The summed E-state index contributed by atoms with van der Waals surface area (Å²) in [7, 11) is 0. The van der Waals surface area contributed by atoms with E-state index >= 15 is 0 Å². The Balaban J connectivity index is 1.97. The number of benzene rings is 1. The molecule has 0 radical (unpaired) electrons. The summed E-state index contributed by atoms with van der Waals surface area (Å²) in [5, 5.41) is 13.5. The van der Waals surface area contributed by atoms with E-state index in [0.717, 1.165) is 24.2 Å². The van der Waals surface area contributed by atoms with E-state index in [2.05, 4.69) is 5.10 Å². The predicted molar refractivity (Wildman–Crippen MR) is 89.4 cm³/mol. The molecule has 0 atom stereocenters. The zero-order valence-corrected chi connectivity index (χ0v) is 13.7. The highest BCUT2D eigenvalue weighted by molar-refractivity contribution is 5.97. The molecule has 0 aliphatic heterocycles. The Hall–Kier alpha value is -2.63. The third-order valence-corrected chi connectivity index (χ3v) is 4.11. The molecule has 1 aliphatic rings. The van der Waals surface area contributed by atoms with Crippen LogP contribution >= 0.6 is 0 Å². The lowest BCUT2D eigenvalue weighted by atomic mass is 10.1. The van der Waals surface area contributed by atoms with Crippen LogP contribution in [-0.2, 0) is 4.79 Å². The van der Waals surface area contributed by atoms with Crippen molar-refractivity contribution in [3.8, 4) is 5.69 Å². The van der Waals surface area contributed by atoms with Crippen LogP contribution in [0.2, 0.25) is 0 Å². The Bertz CT molecular complexity index is 735. The molecular weight excluding hydrogens is 306 g/mol. The number of para-hydroxylation sites is 1. The largest absolute Gasteiger partial charge is 0.480 e. The number of hydrogen-bond donors (Lipinski definition) is 1. The maximum Gasteiger partial charge on any atom is 0.323 e. The minimum absolute atomic E-state index is 0.247. The third kappa shape index (κ3) is 3.32. The molecule has 6 heteroatoms. The highest BCUT2D eigenvalue weighted by Crippen LogP contribution is 2.42. The Kier molecular flexibility index (Phi) is 4.64. The summed E-state index contributed by atoms with van der Waals surface area (Å²) in [6.07, 6.45) is 4.36. The smallest absolute Gasteiger partial charge is 0.323 e. The van der Waals surface area contributed by atoms with Crippen molar-refractivity contribution in [3.63, 3.8) is 0 Å². The number of aliphatic carboxylic acids is 1. The lowest BCUT2D eigenvalue weighted by molar-refractivity contribution is -0.137. The van der Waals surface area contributed by atoms with Crippen LogP contribution in [0.1, 0.15) is 48.2 Å². The van der Waals surface area contributed by atoms with E-state index in [1.165, 1.54) is 4.90 Å². The fraction of sp³-hybridized carbons (Fsp3) is 0.389. The fourth-order valence-electron chi connectivity index (χ4n) is 2.90. The van der Waals surface area contributed by atoms with E-state index in [9.17, 15) is 9.59 Å². The van der Waals surface area contributed by atoms with Gasteiger partial charge in [-0.25, -0.2) is 4.68 Å². The zero-order valence-electron chi connectivity index (χ0n) is 13.7. The Morgan fingerprint density at radius 2 is 2.00 bits per heavy atom. The second kappa shape index (κ2) is 6.86. The number of aromatic nitrogens is 2. The van der Waals surface area contributed by atoms with Gasteiger partial charge in [-0.3, -0.25) is 9.59 Å². The van der Waals surface area contributed by atoms with Gasteiger partial charge < -0.3 is 10.0 Å². The van der Waals surface area contributed by atoms with Crippen LogP contribution in [0.25, 0.3) is 5.69 Å². The average Bonchev–Trinajstić information content (AvgIpc) is 3.32. The van der Waals surface area contributed by atoms with Crippen LogP contribution in [0.15, 0.2) is 36.5 Å². The van der Waals surface area contributed by atoms with Crippen molar-refractivity contribution in [1.29, 1.82) is 0 Å². The first-order valence-corrected chi connectivity index (χ1v) is 8.26. The molecule has 1 aromatic heterocycles. The summed E-state index contributed by atoms with van der Waals surface area (Å²) in [6.45, 7) is 2.07. The lowest BCUT2D eigenvalue weighted by Crippen LogP contribution is -2.36. The quantitative estimate of drug-likeness (QED) is 0.848. The van der Waals surface area contributed by atoms with Crippen LogP contribution in [0, 0.1) is 0 Å². The number of amides is 1. The number of carboxylic acid groups (broad SMARTS) is 1. The minimum atomic E-state index is -1.000. The highest BCUT2D eigenvalue weighted by atomic mass is 16.4. The van der Waals surface area contributed by atoms with Gasteiger partial charge in [0.05, 0.1) is 23.1 Å². The second-order valence-corrected chi connectivity index (χ2v) is 6.09. The van der Waals surface area contributed by atoms with Gasteiger partial charge in [-0.2, -0.15) is 5.10 Å². The average molecular weight is 327 g/mol. The van der Waals surface area contributed by atoms with E-state index in [0.29, 0.717) is 24.4 Å². The number of carboxylic acids is 1. The number of hydrogen-bond acceptors (Lipinski definition) is 3. The van der Waals surface area contributed by atoms with Crippen molar-refractivity contribution < 1.29 is 14.7 Å². The molecule has 1 N–H and O–H groups in total. The normalized spacial score (nSPS) is 13.7. The Morgan fingerprint density at radius 1 is 1.29 bits per heavy atom. The van der Waals surface area contributed by atoms with Crippen molar-refractivity contribution in [1.82, 2.24) is 14.7 Å². The number of carbonyl (C=O) groups is 2. The summed E-state index contributed by atoms with van der Waals surface area (Å²) in [5.74, 6) is -0.927. The molecule has 24 heavy (non-hydrogen) atoms. The number of rotatable bonds is 7. The van der Waals surface area contributed by atoms with Crippen molar-refractivity contribution in [2.24, 2.45) is 0 Å². The lowest BCUT2D eigenvalue weighted by Gasteiger charge is -2.20. The van der Waals surface area contributed by atoms with Crippen LogP contribution in [0.4, 0.5) is 0 Å².